The van der Waals surface area contributed by atoms with Crippen molar-refractivity contribution in [1.29, 1.82) is 0 Å². The quantitative estimate of drug-likeness (QED) is 0.763. The van der Waals surface area contributed by atoms with Crippen LogP contribution in [-0.4, -0.2) is 41.0 Å². The fraction of sp³-hybridized carbons (Fsp3) is 0.846. The summed E-state index contributed by atoms with van der Waals surface area (Å²) in [5.74, 6) is -0.291. The number of carbonyl (C=O) groups is 2. The van der Waals surface area contributed by atoms with Crippen LogP contribution in [0.4, 0.5) is 0 Å². The van der Waals surface area contributed by atoms with Crippen LogP contribution in [0, 0.1) is 17.3 Å². The van der Waals surface area contributed by atoms with E-state index in [0.29, 0.717) is 19.0 Å². The highest BCUT2D eigenvalue weighted by molar-refractivity contribution is 5.90. The number of hydrogen-bond donors (Lipinski definition) is 2. The van der Waals surface area contributed by atoms with E-state index in [1.807, 2.05) is 0 Å². The summed E-state index contributed by atoms with van der Waals surface area (Å²) in [4.78, 5) is 25.6. The lowest BCUT2D eigenvalue weighted by Gasteiger charge is -2.28. The van der Waals surface area contributed by atoms with Gasteiger partial charge in [0.25, 0.3) is 0 Å². The molecule has 0 aromatic carbocycles. The first-order chi connectivity index (χ1) is 8.59. The minimum absolute atomic E-state index is 0.00759. The second kappa shape index (κ2) is 3.95. The Hall–Kier alpha value is -1.10. The van der Waals surface area contributed by atoms with Gasteiger partial charge in [-0.1, -0.05) is 6.42 Å². The summed E-state index contributed by atoms with van der Waals surface area (Å²) in [6.45, 7) is 0.978. The molecule has 2 saturated carbocycles. The van der Waals surface area contributed by atoms with E-state index in [-0.39, 0.29) is 11.8 Å². The van der Waals surface area contributed by atoms with E-state index in [1.165, 1.54) is 0 Å². The zero-order valence-electron chi connectivity index (χ0n) is 10.5. The maximum absolute atomic E-state index is 12.5. The molecule has 5 nitrogen and oxygen atoms in total. The van der Waals surface area contributed by atoms with Gasteiger partial charge in [0.05, 0.1) is 5.41 Å². The molecule has 1 saturated heterocycles. The lowest BCUT2D eigenvalue weighted by Crippen LogP contribution is -2.48. The predicted molar refractivity (Wildman–Crippen MR) is 64.7 cm³/mol. The van der Waals surface area contributed by atoms with Gasteiger partial charge in [-0.3, -0.25) is 4.79 Å². The number of nitrogens with two attached hydrogens (primary N) is 1. The molecule has 3 fully saturated rings. The second-order valence-electron chi connectivity index (χ2n) is 6.08. The van der Waals surface area contributed by atoms with E-state index >= 15 is 0 Å². The molecule has 18 heavy (non-hydrogen) atoms. The largest absolute Gasteiger partial charge is 0.480 e. The molecule has 2 aliphatic carbocycles. The number of fused-ring (bicyclic) bond motifs is 1. The molecule has 3 rings (SSSR count). The number of rotatable bonds is 3. The highest BCUT2D eigenvalue weighted by Crippen LogP contribution is 2.50. The third-order valence-corrected chi connectivity index (χ3v) is 5.10. The third-order valence-electron chi connectivity index (χ3n) is 5.10. The van der Waals surface area contributed by atoms with Crippen molar-refractivity contribution in [3.63, 3.8) is 0 Å². The number of carboxylic acids is 1. The van der Waals surface area contributed by atoms with Crippen molar-refractivity contribution in [3.05, 3.63) is 0 Å². The minimum atomic E-state index is -0.842. The monoisotopic (exact) mass is 252 g/mol. The molecule has 3 unspecified atom stereocenters. The molecule has 1 aliphatic heterocycles. The first-order valence-electron chi connectivity index (χ1n) is 6.83. The summed E-state index contributed by atoms with van der Waals surface area (Å²) in [5, 5.41) is 9.41. The number of hydrogen-bond acceptors (Lipinski definition) is 3. The summed E-state index contributed by atoms with van der Waals surface area (Å²) in [6.07, 6.45) is 4.75. The van der Waals surface area contributed by atoms with Crippen LogP contribution in [-0.2, 0) is 9.59 Å². The summed E-state index contributed by atoms with van der Waals surface area (Å²) in [5.41, 5.74) is 5.26. The molecule has 1 amide bonds. The Morgan fingerprint density at radius 3 is 2.61 bits per heavy atom. The Kier molecular flexibility index (Phi) is 2.62. The van der Waals surface area contributed by atoms with Crippen molar-refractivity contribution in [3.8, 4) is 0 Å². The fourth-order valence-corrected chi connectivity index (χ4v) is 3.79. The maximum Gasteiger partial charge on any atom is 0.326 e. The number of nitrogens with zero attached hydrogens (tertiary/aromatic N) is 1. The number of carbonyl (C=O) groups excluding carboxylic acids is 1. The van der Waals surface area contributed by atoms with Gasteiger partial charge in [0.15, 0.2) is 0 Å². The van der Waals surface area contributed by atoms with E-state index < -0.39 is 17.4 Å². The van der Waals surface area contributed by atoms with Crippen molar-refractivity contribution < 1.29 is 14.7 Å². The van der Waals surface area contributed by atoms with Crippen molar-refractivity contribution in [2.45, 2.75) is 38.1 Å². The minimum Gasteiger partial charge on any atom is -0.480 e. The smallest absolute Gasteiger partial charge is 0.326 e. The third kappa shape index (κ3) is 1.56. The molecule has 0 spiro atoms. The van der Waals surface area contributed by atoms with Crippen molar-refractivity contribution in [2.24, 2.45) is 23.0 Å². The van der Waals surface area contributed by atoms with Crippen LogP contribution in [0.5, 0.6) is 0 Å². The van der Waals surface area contributed by atoms with Crippen LogP contribution < -0.4 is 5.73 Å². The standard InChI is InChI=1S/C13H20N2O3/c14-7-13(4-5-13)12(18)15-6-8-2-1-3-9(8)10(15)11(16)17/h8-10H,1-7,14H2,(H,16,17). The van der Waals surface area contributed by atoms with Gasteiger partial charge in [-0.15, -0.1) is 0 Å². The molecule has 1 heterocycles. The van der Waals surface area contributed by atoms with Crippen LogP contribution >= 0.6 is 0 Å². The van der Waals surface area contributed by atoms with E-state index in [1.54, 1.807) is 4.90 Å². The summed E-state index contributed by atoms with van der Waals surface area (Å²) < 4.78 is 0. The summed E-state index contributed by atoms with van der Waals surface area (Å²) in [6, 6.07) is -0.603. The van der Waals surface area contributed by atoms with Crippen molar-refractivity contribution in [1.82, 2.24) is 4.90 Å². The SMILES string of the molecule is NCC1(C(=O)N2CC3CCCC3C2C(=O)O)CC1. The van der Waals surface area contributed by atoms with Crippen LogP contribution in [0.3, 0.4) is 0 Å². The van der Waals surface area contributed by atoms with Gasteiger partial charge in [-0.25, -0.2) is 4.79 Å². The highest BCUT2D eigenvalue weighted by atomic mass is 16.4. The number of amides is 1. The average molecular weight is 252 g/mol. The summed E-state index contributed by atoms with van der Waals surface area (Å²) >= 11 is 0. The molecule has 3 atom stereocenters. The van der Waals surface area contributed by atoms with E-state index in [9.17, 15) is 14.7 Å². The zero-order valence-corrected chi connectivity index (χ0v) is 10.5. The summed E-state index contributed by atoms with van der Waals surface area (Å²) in [7, 11) is 0. The molecule has 3 aliphatic rings. The van der Waals surface area contributed by atoms with Crippen molar-refractivity contribution in [2.75, 3.05) is 13.1 Å². The Morgan fingerprint density at radius 1 is 1.33 bits per heavy atom. The lowest BCUT2D eigenvalue weighted by molar-refractivity contribution is -0.151. The molecule has 3 N–H and O–H groups in total. The van der Waals surface area contributed by atoms with Gasteiger partial charge >= 0.3 is 5.97 Å². The molecule has 0 aromatic heterocycles. The van der Waals surface area contributed by atoms with Gasteiger partial charge in [0, 0.05) is 13.1 Å². The second-order valence-corrected chi connectivity index (χ2v) is 6.08. The molecule has 0 bridgehead atoms. The van der Waals surface area contributed by atoms with E-state index in [0.717, 1.165) is 32.1 Å². The molecular formula is C13H20N2O3. The Morgan fingerprint density at radius 2 is 2.06 bits per heavy atom. The lowest BCUT2D eigenvalue weighted by atomic mass is 9.94. The van der Waals surface area contributed by atoms with Crippen LogP contribution in [0.15, 0.2) is 0 Å². The predicted octanol–water partition coefficient (Wildman–Crippen LogP) is 0.437. The molecular weight excluding hydrogens is 232 g/mol. The normalized spacial score (nSPS) is 36.5. The Bertz CT molecular complexity index is 392. The maximum atomic E-state index is 12.5. The Labute approximate surface area is 106 Å². The fourth-order valence-electron chi connectivity index (χ4n) is 3.79. The number of likely N-dealkylation sites (tertiary alicyclic amines) is 1. The first kappa shape index (κ1) is 12.0. The molecule has 100 valence electrons. The van der Waals surface area contributed by atoms with Gasteiger partial charge in [0.2, 0.25) is 5.91 Å². The zero-order chi connectivity index (χ0) is 12.9. The van der Waals surface area contributed by atoms with Crippen LogP contribution in [0.1, 0.15) is 32.1 Å². The van der Waals surface area contributed by atoms with Crippen molar-refractivity contribution >= 4 is 11.9 Å². The first-order valence-corrected chi connectivity index (χ1v) is 6.83. The molecule has 5 heteroatoms. The van der Waals surface area contributed by atoms with E-state index in [4.69, 9.17) is 5.73 Å². The van der Waals surface area contributed by atoms with Crippen LogP contribution in [0.25, 0.3) is 0 Å². The van der Waals surface area contributed by atoms with E-state index in [2.05, 4.69) is 0 Å². The molecule has 0 aromatic rings. The van der Waals surface area contributed by atoms with Gasteiger partial charge in [-0.05, 0) is 37.5 Å². The number of aliphatic carboxylic acids is 1. The van der Waals surface area contributed by atoms with Gasteiger partial charge in [-0.2, -0.15) is 0 Å². The topological polar surface area (TPSA) is 83.6 Å². The average Bonchev–Trinajstić information content (AvgIpc) is 2.86. The van der Waals surface area contributed by atoms with Crippen LogP contribution in [0.2, 0.25) is 0 Å². The van der Waals surface area contributed by atoms with Gasteiger partial charge < -0.3 is 15.7 Å². The molecule has 0 radical (unpaired) electrons. The highest BCUT2D eigenvalue weighted by Gasteiger charge is 2.57. The van der Waals surface area contributed by atoms with Gasteiger partial charge in [0.1, 0.15) is 6.04 Å². The number of carboxylic acid groups (broad SMARTS) is 1. The Balaban J connectivity index is 1.83.